The number of amides is 5. The Balaban J connectivity index is 1.04. The van der Waals surface area contributed by atoms with Crippen molar-refractivity contribution in [3.05, 3.63) is 214 Å². The molecule has 0 saturated carbocycles. The normalized spacial score (nSPS) is 12.8. The molecule has 1 aliphatic rings. The van der Waals surface area contributed by atoms with Crippen LogP contribution in [0.5, 0.6) is 11.5 Å². The number of nitrogens with one attached hydrogen (secondary N) is 4. The van der Waals surface area contributed by atoms with Crippen molar-refractivity contribution in [2.45, 2.75) is 75.6 Å². The molecule has 1 heterocycles. The van der Waals surface area contributed by atoms with Gasteiger partial charge < -0.3 is 30.2 Å². The topological polar surface area (TPSA) is 225 Å². The van der Waals surface area contributed by atoms with Gasteiger partial charge in [0.15, 0.2) is 0 Å². The number of imide groups is 1. The van der Waals surface area contributed by atoms with E-state index in [1.54, 1.807) is 31.4 Å². The zero-order valence-corrected chi connectivity index (χ0v) is 42.1. The number of hydrogen-bond acceptors (Lipinski definition) is 12. The molecule has 1 unspecified atom stereocenters. The van der Waals surface area contributed by atoms with E-state index in [0.717, 1.165) is 32.9 Å². The summed E-state index contributed by atoms with van der Waals surface area (Å²) in [6.45, 7) is 0.586. The average Bonchev–Trinajstić information content (AvgIpc) is 3.81. The second-order valence-electron chi connectivity index (χ2n) is 18.1. The molecule has 2 atom stereocenters. The summed E-state index contributed by atoms with van der Waals surface area (Å²) in [5.74, 6) is -1.32. The van der Waals surface area contributed by atoms with Crippen LogP contribution in [0.1, 0.15) is 72.8 Å². The number of carbonyl (C=O) groups excluding carboxylic acids is 6. The number of hydrogen-bond donors (Lipinski definition) is 4. The monoisotopic (exact) mass is 1030 g/mol. The summed E-state index contributed by atoms with van der Waals surface area (Å²) >= 11 is 0. The Kier molecular flexibility index (Phi) is 19.7. The number of benzene rings is 6. The van der Waals surface area contributed by atoms with Crippen LogP contribution >= 0.6 is 0 Å². The summed E-state index contributed by atoms with van der Waals surface area (Å²) in [5.41, 5.74) is 3.89. The molecule has 0 radical (unpaired) electrons. The first-order valence-electron chi connectivity index (χ1n) is 25.1. The predicted octanol–water partition coefficient (Wildman–Crippen LogP) is 8.71. The highest BCUT2D eigenvalue weighted by molar-refractivity contribution is 6.12. The van der Waals surface area contributed by atoms with Gasteiger partial charge in [0, 0.05) is 49.4 Å². The molecule has 0 spiro atoms. The molecule has 0 aliphatic carbocycles. The Bertz CT molecular complexity index is 2880. The second-order valence-corrected chi connectivity index (χ2v) is 18.1. The Morgan fingerprint density at radius 2 is 1.21 bits per heavy atom. The van der Waals surface area contributed by atoms with Crippen LogP contribution in [0.4, 0.5) is 16.2 Å². The van der Waals surface area contributed by atoms with E-state index < -0.39 is 40.5 Å². The Labute approximate surface area is 440 Å². The van der Waals surface area contributed by atoms with Gasteiger partial charge in [-0.2, -0.15) is 0 Å². The number of carbonyl (C=O) groups is 6. The van der Waals surface area contributed by atoms with Gasteiger partial charge in [0.25, 0.3) is 17.5 Å². The highest BCUT2D eigenvalue weighted by Crippen LogP contribution is 2.37. The van der Waals surface area contributed by atoms with Crippen LogP contribution in [0.3, 0.4) is 0 Å². The van der Waals surface area contributed by atoms with Crippen LogP contribution in [0, 0.1) is 10.1 Å². The lowest BCUT2D eigenvalue weighted by Crippen LogP contribution is -2.53. The van der Waals surface area contributed by atoms with E-state index in [0.29, 0.717) is 49.9 Å². The van der Waals surface area contributed by atoms with Crippen LogP contribution in [0.25, 0.3) is 0 Å². The van der Waals surface area contributed by atoms with Crippen molar-refractivity contribution in [3.63, 3.8) is 0 Å². The Morgan fingerprint density at radius 3 is 1.82 bits per heavy atom. The van der Waals surface area contributed by atoms with Gasteiger partial charge in [0.05, 0.1) is 17.6 Å². The van der Waals surface area contributed by atoms with E-state index >= 15 is 0 Å². The molecule has 0 fully saturated rings. The standard InChI is InChI=1S/C59H60N6O11/c1-74-49-32-26-46(27-33-49)59(44-18-8-3-9-19-44,45-20-10-4-11-21-45)60-38-14-13-22-51(56(69)61-47-28-24-43(25-29-47)41-75-58(71)76-50-34-30-48(31-35-50)65(72)73)63-57(70)52(40-42-16-6-2-7-17-42)62-53(66)23-12-5-15-39-64-54(67)36-37-55(64)68/h2-4,6-11,16-21,24-37,51-52,60H,5,12-15,22-23,38-41H2,1H3,(H,61,69)(H,62,66)(H,63,70)/t51?,52-/m0/s1. The van der Waals surface area contributed by atoms with Gasteiger partial charge in [-0.3, -0.25) is 44.3 Å². The fraction of sp³-hybridized carbons (Fsp3) is 0.254. The SMILES string of the molecule is COc1ccc(C(NCCCCC(NC(=O)[C@H](Cc2ccccc2)NC(=O)CCCCCN2C(=O)C=CC2=O)C(=O)Nc2ccc(COC(=O)Oc3ccc([N+](=O)[O-])cc3)cc2)(c2ccccc2)c2ccccc2)cc1. The van der Waals surface area contributed by atoms with E-state index in [-0.39, 0.29) is 61.6 Å². The van der Waals surface area contributed by atoms with Gasteiger partial charge in [-0.1, -0.05) is 122 Å². The lowest BCUT2D eigenvalue weighted by Gasteiger charge is -2.37. The van der Waals surface area contributed by atoms with E-state index in [1.807, 2.05) is 91.0 Å². The third-order valence-corrected chi connectivity index (χ3v) is 12.8. The van der Waals surface area contributed by atoms with Crippen LogP contribution in [-0.2, 0) is 47.3 Å². The lowest BCUT2D eigenvalue weighted by molar-refractivity contribution is -0.384. The molecule has 17 heteroatoms. The molecule has 0 aromatic heterocycles. The number of anilines is 1. The number of ether oxygens (including phenoxy) is 3. The van der Waals surface area contributed by atoms with Crippen molar-refractivity contribution < 1.29 is 47.9 Å². The molecule has 17 nitrogen and oxygen atoms in total. The van der Waals surface area contributed by atoms with E-state index in [2.05, 4.69) is 45.5 Å². The van der Waals surface area contributed by atoms with E-state index in [1.165, 1.54) is 36.4 Å². The van der Waals surface area contributed by atoms with Gasteiger partial charge in [0.1, 0.15) is 30.2 Å². The summed E-state index contributed by atoms with van der Waals surface area (Å²) in [6.07, 6.45) is 4.58. The molecule has 6 aromatic rings. The van der Waals surface area contributed by atoms with Crippen LogP contribution < -0.4 is 30.7 Å². The van der Waals surface area contributed by atoms with E-state index in [4.69, 9.17) is 14.2 Å². The number of non-ortho nitro benzene ring substituents is 1. The Hall–Kier alpha value is -8.96. The van der Waals surface area contributed by atoms with Crippen LogP contribution in [0.2, 0.25) is 0 Å². The second kappa shape index (κ2) is 27.4. The molecule has 7 rings (SSSR count). The summed E-state index contributed by atoms with van der Waals surface area (Å²) in [5, 5.41) is 23.6. The number of methoxy groups -OCH3 is 1. The largest absolute Gasteiger partial charge is 0.514 e. The summed E-state index contributed by atoms with van der Waals surface area (Å²) in [4.78, 5) is 90.1. The quantitative estimate of drug-likeness (QED) is 0.00723. The number of unbranched alkanes of at least 4 members (excludes halogenated alkanes) is 3. The molecule has 392 valence electrons. The first-order valence-corrected chi connectivity index (χ1v) is 25.1. The lowest BCUT2D eigenvalue weighted by atomic mass is 9.77. The molecule has 0 saturated heterocycles. The minimum Gasteiger partial charge on any atom is -0.497 e. The van der Waals surface area contributed by atoms with Gasteiger partial charge >= 0.3 is 6.16 Å². The molecule has 1 aliphatic heterocycles. The van der Waals surface area contributed by atoms with Gasteiger partial charge in [0.2, 0.25) is 17.7 Å². The van der Waals surface area contributed by atoms with Crippen molar-refractivity contribution in [2.75, 3.05) is 25.5 Å². The highest BCUT2D eigenvalue weighted by Gasteiger charge is 2.36. The van der Waals surface area contributed by atoms with Crippen molar-refractivity contribution in [3.8, 4) is 11.5 Å². The molecule has 6 aromatic carbocycles. The average molecular weight is 1030 g/mol. The summed E-state index contributed by atoms with van der Waals surface area (Å²) in [6, 6.07) is 47.0. The third-order valence-electron chi connectivity index (χ3n) is 12.8. The van der Waals surface area contributed by atoms with Gasteiger partial charge in [-0.25, -0.2) is 4.79 Å². The number of rotatable bonds is 27. The van der Waals surface area contributed by atoms with Crippen molar-refractivity contribution in [1.82, 2.24) is 20.9 Å². The number of nitro benzene ring substituents is 1. The Morgan fingerprint density at radius 1 is 0.618 bits per heavy atom. The molecule has 5 amide bonds. The summed E-state index contributed by atoms with van der Waals surface area (Å²) < 4.78 is 15.9. The van der Waals surface area contributed by atoms with Crippen molar-refractivity contribution >= 4 is 47.1 Å². The number of nitrogens with zero attached hydrogens (tertiary/aromatic N) is 2. The van der Waals surface area contributed by atoms with Gasteiger partial charge in [-0.05, 0) is 103 Å². The smallest absolute Gasteiger partial charge is 0.497 e. The molecular formula is C59H60N6O11. The minimum atomic E-state index is -1.04. The van der Waals surface area contributed by atoms with E-state index in [9.17, 15) is 38.9 Å². The zero-order chi connectivity index (χ0) is 53.7. The maximum absolute atomic E-state index is 14.4. The first kappa shape index (κ1) is 54.8. The fourth-order valence-corrected chi connectivity index (χ4v) is 8.84. The predicted molar refractivity (Wildman–Crippen MR) is 285 cm³/mol. The third kappa shape index (κ3) is 15.3. The minimum absolute atomic E-state index is 0.0687. The van der Waals surface area contributed by atoms with Crippen LogP contribution in [0.15, 0.2) is 176 Å². The van der Waals surface area contributed by atoms with Crippen molar-refractivity contribution in [2.24, 2.45) is 0 Å². The van der Waals surface area contributed by atoms with Gasteiger partial charge in [-0.15, -0.1) is 0 Å². The molecule has 0 bridgehead atoms. The molecule has 76 heavy (non-hydrogen) atoms. The highest BCUT2D eigenvalue weighted by atomic mass is 16.7. The molecule has 4 N–H and O–H groups in total. The maximum atomic E-state index is 14.4. The van der Waals surface area contributed by atoms with Crippen molar-refractivity contribution in [1.29, 1.82) is 0 Å². The fourth-order valence-electron chi connectivity index (χ4n) is 8.84. The van der Waals surface area contributed by atoms with Crippen LogP contribution in [-0.4, -0.2) is 77.8 Å². The summed E-state index contributed by atoms with van der Waals surface area (Å²) in [7, 11) is 1.63. The zero-order valence-electron chi connectivity index (χ0n) is 42.1. The maximum Gasteiger partial charge on any atom is 0.514 e. The number of nitro groups is 1. The first-order chi connectivity index (χ1) is 36.9. The molecular weight excluding hydrogens is 969 g/mol.